The number of carbonyl (C=O) groups is 2. The molecule has 0 N–H and O–H groups in total. The average molecular weight is 390 g/mol. The maximum atomic E-state index is 12.7. The Balaban J connectivity index is 1.89. The number of piperidine rings is 1. The van der Waals surface area contributed by atoms with Gasteiger partial charge in [0.1, 0.15) is 0 Å². The molecule has 0 spiro atoms. The van der Waals surface area contributed by atoms with E-state index in [-0.39, 0.29) is 5.78 Å². The summed E-state index contributed by atoms with van der Waals surface area (Å²) in [7, 11) is 0. The summed E-state index contributed by atoms with van der Waals surface area (Å²) in [6.07, 6.45) is 5.35. The van der Waals surface area contributed by atoms with Crippen molar-refractivity contribution in [2.24, 2.45) is 5.41 Å². The van der Waals surface area contributed by atoms with Crippen LogP contribution in [0.4, 0.5) is 0 Å². The first-order valence-electron chi connectivity index (χ1n) is 9.94. The minimum atomic E-state index is -0.644. The van der Waals surface area contributed by atoms with E-state index >= 15 is 0 Å². The van der Waals surface area contributed by atoms with E-state index in [9.17, 15) is 9.59 Å². The lowest BCUT2D eigenvalue weighted by Gasteiger charge is -2.36. The highest BCUT2D eigenvalue weighted by atomic mass is 32.1. The van der Waals surface area contributed by atoms with Crippen molar-refractivity contribution >= 4 is 29.0 Å². The summed E-state index contributed by atoms with van der Waals surface area (Å²) in [6.45, 7) is 6.13. The minimum Gasteiger partial charge on any atom is -0.464 e. The largest absolute Gasteiger partial charge is 0.464 e. The molecule has 1 atom stereocenters. The first-order chi connectivity index (χ1) is 12.8. The number of likely N-dealkylation sites (tertiary alicyclic amines) is 1. The van der Waals surface area contributed by atoms with E-state index in [0.29, 0.717) is 24.4 Å². The van der Waals surface area contributed by atoms with Gasteiger partial charge >= 0.3 is 0 Å². The Morgan fingerprint density at radius 1 is 1.22 bits per heavy atom. The maximum Gasteiger partial charge on any atom is 0.293 e. The molecule has 0 saturated carbocycles. The van der Waals surface area contributed by atoms with Crippen molar-refractivity contribution in [3.05, 3.63) is 35.9 Å². The summed E-state index contributed by atoms with van der Waals surface area (Å²) in [5.74, 6) is -0.769. The fourth-order valence-electron chi connectivity index (χ4n) is 3.13. The molecular formula is C22H31NO3S. The Hall–Kier alpha value is -1.75. The van der Waals surface area contributed by atoms with Crippen molar-refractivity contribution in [2.75, 3.05) is 6.54 Å². The smallest absolute Gasteiger partial charge is 0.293 e. The van der Waals surface area contributed by atoms with Crippen molar-refractivity contribution in [1.29, 1.82) is 0 Å². The fraction of sp³-hybridized carbons (Fsp3) is 0.591. The molecule has 0 radical (unpaired) electrons. The first-order valence-corrected chi connectivity index (χ1v) is 10.3. The van der Waals surface area contributed by atoms with E-state index in [1.807, 2.05) is 39.0 Å². The highest BCUT2D eigenvalue weighted by Crippen LogP contribution is 2.26. The number of amides is 1. The summed E-state index contributed by atoms with van der Waals surface area (Å²) in [6, 6.07) is 10.3. The zero-order valence-corrected chi connectivity index (χ0v) is 17.5. The number of ether oxygens (including phenoxy) is 1. The molecule has 1 aliphatic heterocycles. The molecule has 1 aliphatic rings. The van der Waals surface area contributed by atoms with Gasteiger partial charge in [-0.1, -0.05) is 51.1 Å². The van der Waals surface area contributed by atoms with Crippen molar-refractivity contribution in [3.8, 4) is 0 Å². The van der Waals surface area contributed by atoms with Crippen LogP contribution in [0.2, 0.25) is 0 Å². The van der Waals surface area contributed by atoms with Gasteiger partial charge in [0.15, 0.2) is 11.3 Å². The molecule has 1 amide bonds. The van der Waals surface area contributed by atoms with E-state index in [1.165, 1.54) is 5.56 Å². The molecule has 27 heavy (non-hydrogen) atoms. The molecule has 1 unspecified atom stereocenters. The third-order valence-electron chi connectivity index (χ3n) is 5.36. The lowest BCUT2D eigenvalue weighted by Crippen LogP contribution is -2.51. The molecule has 5 heteroatoms. The van der Waals surface area contributed by atoms with Crippen LogP contribution in [0.25, 0.3) is 0 Å². The van der Waals surface area contributed by atoms with Crippen molar-refractivity contribution in [1.82, 2.24) is 4.90 Å². The number of benzene rings is 1. The molecule has 148 valence electrons. The van der Waals surface area contributed by atoms with Gasteiger partial charge < -0.3 is 9.64 Å². The van der Waals surface area contributed by atoms with Gasteiger partial charge in [-0.15, -0.1) is 0 Å². The lowest BCUT2D eigenvalue weighted by molar-refractivity contribution is -0.156. The predicted molar refractivity (Wildman–Crippen MR) is 111 cm³/mol. The third-order valence-corrected chi connectivity index (χ3v) is 5.66. The monoisotopic (exact) mass is 389 g/mol. The van der Waals surface area contributed by atoms with Crippen LogP contribution in [-0.4, -0.2) is 34.4 Å². The SMILES string of the molecule is CCC(C)(C)C(=O)C(=O)N1CCCCC1OC(=S)CCCc1ccccc1. The quantitative estimate of drug-likeness (QED) is 0.478. The topological polar surface area (TPSA) is 46.6 Å². The van der Waals surface area contributed by atoms with Gasteiger partial charge in [0, 0.05) is 24.8 Å². The van der Waals surface area contributed by atoms with Crippen molar-refractivity contribution in [2.45, 2.75) is 71.9 Å². The van der Waals surface area contributed by atoms with Crippen LogP contribution >= 0.6 is 12.2 Å². The summed E-state index contributed by atoms with van der Waals surface area (Å²) >= 11 is 5.41. The number of nitrogens with zero attached hydrogens (tertiary/aromatic N) is 1. The Morgan fingerprint density at radius 3 is 2.59 bits per heavy atom. The van der Waals surface area contributed by atoms with Crippen LogP contribution in [-0.2, 0) is 20.7 Å². The van der Waals surface area contributed by atoms with E-state index in [4.69, 9.17) is 17.0 Å². The molecule has 1 aromatic rings. The summed E-state index contributed by atoms with van der Waals surface area (Å²) in [4.78, 5) is 26.9. The Labute approximate surface area is 168 Å². The molecule has 4 nitrogen and oxygen atoms in total. The second-order valence-corrected chi connectivity index (χ2v) is 8.30. The first kappa shape index (κ1) is 21.5. The number of aryl methyl sites for hydroxylation is 1. The van der Waals surface area contributed by atoms with Crippen molar-refractivity contribution in [3.63, 3.8) is 0 Å². The van der Waals surface area contributed by atoms with E-state index in [1.54, 1.807) is 4.90 Å². The van der Waals surface area contributed by atoms with Gasteiger partial charge in [-0.05, 0) is 49.9 Å². The molecular weight excluding hydrogens is 358 g/mol. The lowest BCUT2D eigenvalue weighted by atomic mass is 9.84. The second kappa shape index (κ2) is 9.98. The Kier molecular flexibility index (Phi) is 7.96. The average Bonchev–Trinajstić information content (AvgIpc) is 2.68. The number of carbonyl (C=O) groups excluding carboxylic acids is 2. The zero-order valence-electron chi connectivity index (χ0n) is 16.7. The van der Waals surface area contributed by atoms with Crippen LogP contribution in [0.15, 0.2) is 30.3 Å². The summed E-state index contributed by atoms with van der Waals surface area (Å²) in [5.41, 5.74) is 0.636. The molecule has 0 aromatic heterocycles. The third kappa shape index (κ3) is 6.13. The van der Waals surface area contributed by atoms with E-state index in [0.717, 1.165) is 32.1 Å². The van der Waals surface area contributed by atoms with Crippen LogP contribution < -0.4 is 0 Å². The Morgan fingerprint density at radius 2 is 1.93 bits per heavy atom. The van der Waals surface area contributed by atoms with Gasteiger partial charge in [-0.25, -0.2) is 0 Å². The normalized spacial score (nSPS) is 17.4. The molecule has 0 bridgehead atoms. The van der Waals surface area contributed by atoms with Gasteiger partial charge in [-0.2, -0.15) is 0 Å². The number of hydrogen-bond donors (Lipinski definition) is 0. The van der Waals surface area contributed by atoms with Gasteiger partial charge in [0.2, 0.25) is 5.78 Å². The zero-order chi connectivity index (χ0) is 19.9. The van der Waals surface area contributed by atoms with Gasteiger partial charge in [-0.3, -0.25) is 9.59 Å². The van der Waals surface area contributed by atoms with E-state index in [2.05, 4.69) is 12.1 Å². The molecule has 1 heterocycles. The van der Waals surface area contributed by atoms with Crippen LogP contribution in [0.5, 0.6) is 0 Å². The molecule has 1 fully saturated rings. The van der Waals surface area contributed by atoms with Gasteiger partial charge in [0.25, 0.3) is 5.91 Å². The molecule has 1 aromatic carbocycles. The predicted octanol–water partition coefficient (Wildman–Crippen LogP) is 4.70. The minimum absolute atomic E-state index is 0.338. The Bertz CT molecular complexity index is 657. The standard InChI is InChI=1S/C22H31NO3S/c1-4-22(2,3)20(24)21(25)23-16-9-8-14-18(23)26-19(27)15-10-13-17-11-6-5-7-12-17/h5-7,11-12,18H,4,8-10,13-16H2,1-3H3. The highest BCUT2D eigenvalue weighted by Gasteiger charge is 2.38. The number of rotatable bonds is 8. The summed E-state index contributed by atoms with van der Waals surface area (Å²) < 4.78 is 5.94. The van der Waals surface area contributed by atoms with Crippen LogP contribution in [0, 0.1) is 5.41 Å². The van der Waals surface area contributed by atoms with Crippen LogP contribution in [0.3, 0.4) is 0 Å². The fourth-order valence-corrected chi connectivity index (χ4v) is 3.38. The number of hydrogen-bond acceptors (Lipinski definition) is 4. The van der Waals surface area contributed by atoms with Gasteiger partial charge in [0.05, 0.1) is 0 Å². The number of ketones is 1. The highest BCUT2D eigenvalue weighted by molar-refractivity contribution is 7.80. The van der Waals surface area contributed by atoms with E-state index < -0.39 is 17.6 Å². The second-order valence-electron chi connectivity index (χ2n) is 7.84. The molecule has 1 saturated heterocycles. The molecule has 2 rings (SSSR count). The van der Waals surface area contributed by atoms with Crippen molar-refractivity contribution < 1.29 is 14.3 Å². The maximum absolute atomic E-state index is 12.7. The number of thiocarbonyl (C=S) groups is 1. The molecule has 0 aliphatic carbocycles. The van der Waals surface area contributed by atoms with Crippen LogP contribution in [0.1, 0.15) is 64.9 Å². The number of Topliss-reactive ketones (excluding diaryl/α,β-unsaturated/α-hetero) is 1. The summed E-state index contributed by atoms with van der Waals surface area (Å²) in [5, 5.41) is 0.526.